The summed E-state index contributed by atoms with van der Waals surface area (Å²) in [5.41, 5.74) is 2.40. The highest BCUT2D eigenvalue weighted by Gasteiger charge is 2.36. The van der Waals surface area contributed by atoms with Crippen molar-refractivity contribution in [3.05, 3.63) is 113 Å². The van der Waals surface area contributed by atoms with Crippen LogP contribution in [0, 0.1) is 11.6 Å². The first-order chi connectivity index (χ1) is 18.6. The number of likely N-dealkylation sites (N-methyl/N-ethyl adjacent to an activating group) is 1. The Bertz CT molecular complexity index is 1360. The van der Waals surface area contributed by atoms with Crippen molar-refractivity contribution in [1.82, 2.24) is 15.5 Å². The molecule has 1 aliphatic heterocycles. The minimum Gasteiger partial charge on any atom is -0.378 e. The predicted molar refractivity (Wildman–Crippen MR) is 142 cm³/mol. The Balaban J connectivity index is 1.57. The Labute approximate surface area is 225 Å². The van der Waals surface area contributed by atoms with Crippen LogP contribution >= 0.6 is 0 Å². The molecule has 202 valence electrons. The Morgan fingerprint density at radius 3 is 2.15 bits per heavy atom. The summed E-state index contributed by atoms with van der Waals surface area (Å²) in [5, 5.41) is 15.4. The Hall–Kier alpha value is -4.37. The van der Waals surface area contributed by atoms with E-state index in [4.69, 9.17) is 0 Å². The molecule has 7 nitrogen and oxygen atoms in total. The van der Waals surface area contributed by atoms with Gasteiger partial charge in [0.05, 0.1) is 0 Å². The second-order valence-corrected chi connectivity index (χ2v) is 9.51. The molecule has 39 heavy (non-hydrogen) atoms. The van der Waals surface area contributed by atoms with E-state index in [2.05, 4.69) is 10.6 Å². The van der Waals surface area contributed by atoms with Gasteiger partial charge in [-0.3, -0.25) is 14.4 Å². The minimum absolute atomic E-state index is 0.291. The normalized spacial score (nSPS) is 18.9. The molecular weight excluding hydrogens is 504 g/mol. The van der Waals surface area contributed by atoms with E-state index in [-0.39, 0.29) is 11.5 Å². The van der Waals surface area contributed by atoms with Crippen molar-refractivity contribution in [3.8, 4) is 0 Å². The van der Waals surface area contributed by atoms with Crippen molar-refractivity contribution < 1.29 is 28.3 Å². The molecule has 4 atom stereocenters. The Kier molecular flexibility index (Phi) is 8.51. The van der Waals surface area contributed by atoms with Gasteiger partial charge in [0.25, 0.3) is 5.91 Å². The molecule has 0 unspecified atom stereocenters. The summed E-state index contributed by atoms with van der Waals surface area (Å²) in [6.07, 6.45) is 0.0761. The van der Waals surface area contributed by atoms with Crippen LogP contribution in [0.5, 0.6) is 0 Å². The largest absolute Gasteiger partial charge is 0.378 e. The van der Waals surface area contributed by atoms with Crippen molar-refractivity contribution in [1.29, 1.82) is 0 Å². The zero-order valence-corrected chi connectivity index (χ0v) is 21.5. The molecular formula is C30H29F2N3O4. The zero-order valence-electron chi connectivity index (χ0n) is 21.5. The first-order valence-electron chi connectivity index (χ1n) is 12.4. The second-order valence-electron chi connectivity index (χ2n) is 9.51. The van der Waals surface area contributed by atoms with Crippen molar-refractivity contribution in [2.45, 2.75) is 31.0 Å². The molecule has 3 aromatic rings. The highest BCUT2D eigenvalue weighted by Crippen LogP contribution is 2.31. The smallest absolute Gasteiger partial charge is 0.254 e. The number of rotatable bonds is 7. The third-order valence-electron chi connectivity index (χ3n) is 6.62. The van der Waals surface area contributed by atoms with Gasteiger partial charge < -0.3 is 20.6 Å². The highest BCUT2D eigenvalue weighted by atomic mass is 19.1. The van der Waals surface area contributed by atoms with Crippen LogP contribution in [0.3, 0.4) is 0 Å². The summed E-state index contributed by atoms with van der Waals surface area (Å²) in [5.74, 6) is -4.40. The second kappa shape index (κ2) is 12.0. The van der Waals surface area contributed by atoms with E-state index in [9.17, 15) is 28.3 Å². The van der Waals surface area contributed by atoms with Gasteiger partial charge in [-0.25, -0.2) is 8.78 Å². The van der Waals surface area contributed by atoms with Crippen LogP contribution in [0.25, 0.3) is 5.57 Å². The van der Waals surface area contributed by atoms with Crippen molar-refractivity contribution in [2.24, 2.45) is 0 Å². The number of nitrogens with one attached hydrogen (secondary N) is 2. The number of nitrogens with zero attached hydrogens (tertiary/aromatic N) is 1. The number of carbonyl (C=O) groups excluding carboxylic acids is 3. The zero-order chi connectivity index (χ0) is 28.1. The third kappa shape index (κ3) is 6.56. The summed E-state index contributed by atoms with van der Waals surface area (Å²) in [7, 11) is 1.66. The topological polar surface area (TPSA) is 98.7 Å². The summed E-state index contributed by atoms with van der Waals surface area (Å²) in [4.78, 5) is 40.8. The van der Waals surface area contributed by atoms with E-state index in [1.807, 2.05) is 66.7 Å². The first kappa shape index (κ1) is 27.7. The maximum Gasteiger partial charge on any atom is 0.254 e. The monoisotopic (exact) mass is 533 g/mol. The molecule has 0 aromatic heterocycles. The molecule has 0 aliphatic carbocycles. The molecule has 3 N–H and O–H groups in total. The van der Waals surface area contributed by atoms with E-state index in [1.54, 1.807) is 7.05 Å². The fraction of sp³-hybridized carbons (Fsp3) is 0.233. The third-order valence-corrected chi connectivity index (χ3v) is 6.62. The van der Waals surface area contributed by atoms with Crippen LogP contribution in [-0.2, 0) is 14.4 Å². The summed E-state index contributed by atoms with van der Waals surface area (Å²) in [6, 6.07) is 19.1. The van der Waals surface area contributed by atoms with Gasteiger partial charge in [0, 0.05) is 25.6 Å². The lowest BCUT2D eigenvalue weighted by Gasteiger charge is -2.28. The molecule has 3 aromatic carbocycles. The standard InChI is InChI=1S/C30H29F2N3O4/c1-18(33-29(38)27(36)21-13-23(31)16-24(32)14-21)28(37)34-26-25(20-11-7-4-8-12-20)15-22(17-35(2)30(26)39)19-9-5-3-6-10-19/h3-16,18,25-27,36H,17H2,1-2H3,(H,33,38)(H,34,37)/t18-,25+,26-,27-/m0/s1. The average molecular weight is 534 g/mol. The number of carbonyl (C=O) groups is 3. The number of benzene rings is 3. The van der Waals surface area contributed by atoms with Crippen LogP contribution in [0.1, 0.15) is 35.6 Å². The highest BCUT2D eigenvalue weighted by molar-refractivity contribution is 5.94. The quantitative estimate of drug-likeness (QED) is 0.434. The lowest BCUT2D eigenvalue weighted by Crippen LogP contribution is -2.54. The van der Waals surface area contributed by atoms with Crippen molar-refractivity contribution >= 4 is 23.3 Å². The molecule has 1 aliphatic rings. The molecule has 9 heteroatoms. The summed E-state index contributed by atoms with van der Waals surface area (Å²) < 4.78 is 27.1. The van der Waals surface area contributed by atoms with Crippen molar-refractivity contribution in [2.75, 3.05) is 13.6 Å². The van der Waals surface area contributed by atoms with Gasteiger partial charge in [0.2, 0.25) is 11.8 Å². The molecule has 0 saturated carbocycles. The van der Waals surface area contributed by atoms with Gasteiger partial charge in [-0.05, 0) is 41.3 Å². The van der Waals surface area contributed by atoms with Crippen LogP contribution < -0.4 is 10.6 Å². The van der Waals surface area contributed by atoms with Crippen LogP contribution in [-0.4, -0.2) is 53.4 Å². The average Bonchev–Trinajstić information content (AvgIpc) is 3.05. The Morgan fingerprint density at radius 1 is 0.949 bits per heavy atom. The number of aliphatic hydroxyl groups excluding tert-OH is 1. The molecule has 0 bridgehead atoms. The van der Waals surface area contributed by atoms with Crippen molar-refractivity contribution in [3.63, 3.8) is 0 Å². The Morgan fingerprint density at radius 2 is 1.54 bits per heavy atom. The predicted octanol–water partition coefficient (Wildman–Crippen LogP) is 3.33. The number of amides is 3. The van der Waals surface area contributed by atoms with E-state index in [0.29, 0.717) is 12.6 Å². The molecule has 0 radical (unpaired) electrons. The van der Waals surface area contributed by atoms with Gasteiger partial charge in [-0.15, -0.1) is 0 Å². The lowest BCUT2D eigenvalue weighted by atomic mass is 9.88. The molecule has 0 fully saturated rings. The maximum atomic E-state index is 13.5. The SMILES string of the molecule is C[C@H](NC(=O)[C@@H](O)c1cc(F)cc(F)c1)C(=O)N[C@@H]1C(=O)N(C)CC(c2ccccc2)=C[C@@H]1c1ccccc1. The minimum atomic E-state index is -1.90. The first-order valence-corrected chi connectivity index (χ1v) is 12.4. The van der Waals surface area contributed by atoms with E-state index >= 15 is 0 Å². The van der Waals surface area contributed by atoms with Crippen LogP contribution in [0.15, 0.2) is 84.9 Å². The maximum absolute atomic E-state index is 13.5. The molecule has 1 heterocycles. The van der Waals surface area contributed by atoms with E-state index in [0.717, 1.165) is 28.8 Å². The van der Waals surface area contributed by atoms with Gasteiger partial charge in [-0.2, -0.15) is 0 Å². The van der Waals surface area contributed by atoms with Gasteiger partial charge >= 0.3 is 0 Å². The van der Waals surface area contributed by atoms with Gasteiger partial charge in [0.1, 0.15) is 23.7 Å². The van der Waals surface area contributed by atoms with E-state index in [1.165, 1.54) is 11.8 Å². The summed E-state index contributed by atoms with van der Waals surface area (Å²) >= 11 is 0. The van der Waals surface area contributed by atoms with Crippen LogP contribution in [0.2, 0.25) is 0 Å². The summed E-state index contributed by atoms with van der Waals surface area (Å²) in [6.45, 7) is 1.72. The fourth-order valence-corrected chi connectivity index (χ4v) is 4.57. The molecule has 3 amide bonds. The molecule has 4 rings (SSSR count). The molecule has 0 saturated heterocycles. The lowest BCUT2D eigenvalue weighted by molar-refractivity contribution is -0.137. The number of halogens is 2. The van der Waals surface area contributed by atoms with E-state index < -0.39 is 47.6 Å². The number of hydrogen-bond donors (Lipinski definition) is 3. The van der Waals surface area contributed by atoms with Gasteiger partial charge in [-0.1, -0.05) is 66.7 Å². The van der Waals surface area contributed by atoms with Gasteiger partial charge in [0.15, 0.2) is 6.10 Å². The van der Waals surface area contributed by atoms with Crippen LogP contribution in [0.4, 0.5) is 8.78 Å². The number of hydrogen-bond acceptors (Lipinski definition) is 4. The molecule has 0 spiro atoms. The fourth-order valence-electron chi connectivity index (χ4n) is 4.57. The number of aliphatic hydroxyl groups is 1.